The molecule has 2 heterocycles. The number of rotatable bonds is 5. The smallest absolute Gasteiger partial charge is 0.318 e. The van der Waals surface area contributed by atoms with Crippen LogP contribution in [0.4, 0.5) is 4.79 Å². The van der Waals surface area contributed by atoms with Gasteiger partial charge in [-0.3, -0.25) is 0 Å². The molecule has 20 heavy (non-hydrogen) atoms. The van der Waals surface area contributed by atoms with Crippen LogP contribution in [0.25, 0.3) is 0 Å². The summed E-state index contributed by atoms with van der Waals surface area (Å²) in [6, 6.07) is 4.51. The molecule has 0 spiro atoms. The van der Waals surface area contributed by atoms with Crippen molar-refractivity contribution >= 4 is 17.4 Å². The zero-order valence-electron chi connectivity index (χ0n) is 11.4. The first-order valence-corrected chi connectivity index (χ1v) is 7.97. The summed E-state index contributed by atoms with van der Waals surface area (Å²) in [6.07, 6.45) is 2.21. The van der Waals surface area contributed by atoms with Crippen LogP contribution in [-0.4, -0.2) is 49.4 Å². The average molecular weight is 296 g/mol. The number of nitrogens with one attached hydrogen (secondary N) is 1. The van der Waals surface area contributed by atoms with E-state index in [1.165, 1.54) is 4.88 Å². The van der Waals surface area contributed by atoms with Crippen LogP contribution >= 0.6 is 11.3 Å². The number of hydrogen-bond donors (Lipinski definition) is 1. The molecule has 3 rings (SSSR count). The molecule has 2 fully saturated rings. The molecule has 1 N–H and O–H groups in total. The first-order chi connectivity index (χ1) is 9.83. The van der Waals surface area contributed by atoms with E-state index in [0.717, 1.165) is 12.8 Å². The largest absolute Gasteiger partial charge is 0.376 e. The summed E-state index contributed by atoms with van der Waals surface area (Å²) in [5.74, 6) is 0. The van der Waals surface area contributed by atoms with Gasteiger partial charge in [0.25, 0.3) is 0 Å². The topological polar surface area (TPSA) is 50.8 Å². The molecule has 1 atom stereocenters. The van der Waals surface area contributed by atoms with Crippen LogP contribution in [0.2, 0.25) is 0 Å². The Balaban J connectivity index is 1.50. The van der Waals surface area contributed by atoms with Crippen molar-refractivity contribution in [2.24, 2.45) is 0 Å². The molecule has 2 amide bonds. The van der Waals surface area contributed by atoms with E-state index in [4.69, 9.17) is 9.47 Å². The van der Waals surface area contributed by atoms with Crippen molar-refractivity contribution in [2.45, 2.75) is 31.5 Å². The number of ether oxygens (including phenoxy) is 2. The number of nitrogens with zero attached hydrogens (tertiary/aromatic N) is 1. The fourth-order valence-corrected chi connectivity index (χ4v) is 2.98. The van der Waals surface area contributed by atoms with E-state index in [2.05, 4.69) is 11.4 Å². The molecule has 0 radical (unpaired) electrons. The molecule has 1 aromatic rings. The minimum absolute atomic E-state index is 0.00933. The van der Waals surface area contributed by atoms with E-state index in [1.807, 2.05) is 16.3 Å². The molecule has 1 aliphatic carbocycles. The molecule has 1 saturated carbocycles. The zero-order valence-corrected chi connectivity index (χ0v) is 12.2. The second-order valence-electron chi connectivity index (χ2n) is 5.19. The Labute approximate surface area is 122 Å². The quantitative estimate of drug-likeness (QED) is 0.902. The van der Waals surface area contributed by atoms with Crippen LogP contribution in [0.3, 0.4) is 0 Å². The summed E-state index contributed by atoms with van der Waals surface area (Å²) in [7, 11) is 0. The summed E-state index contributed by atoms with van der Waals surface area (Å²) in [4.78, 5) is 15.5. The van der Waals surface area contributed by atoms with Gasteiger partial charge in [-0.2, -0.15) is 0 Å². The van der Waals surface area contributed by atoms with Crippen LogP contribution in [0.1, 0.15) is 17.7 Å². The molecule has 1 aliphatic heterocycles. The Bertz CT molecular complexity index is 428. The highest BCUT2D eigenvalue weighted by molar-refractivity contribution is 7.09. The fraction of sp³-hybridized carbons (Fsp3) is 0.643. The highest BCUT2D eigenvalue weighted by atomic mass is 32.1. The van der Waals surface area contributed by atoms with Crippen molar-refractivity contribution in [3.63, 3.8) is 0 Å². The van der Waals surface area contributed by atoms with E-state index in [9.17, 15) is 4.79 Å². The van der Waals surface area contributed by atoms with Gasteiger partial charge in [-0.15, -0.1) is 11.3 Å². The average Bonchev–Trinajstić information content (AvgIpc) is 3.20. The lowest BCUT2D eigenvalue weighted by Gasteiger charge is -2.26. The molecule has 2 aliphatic rings. The Morgan fingerprint density at radius 1 is 1.45 bits per heavy atom. The van der Waals surface area contributed by atoms with Gasteiger partial charge in [-0.1, -0.05) is 6.07 Å². The van der Waals surface area contributed by atoms with E-state index < -0.39 is 0 Å². The monoisotopic (exact) mass is 296 g/mol. The van der Waals surface area contributed by atoms with Crippen molar-refractivity contribution in [2.75, 3.05) is 26.4 Å². The van der Waals surface area contributed by atoms with Gasteiger partial charge in [0.15, 0.2) is 0 Å². The third kappa shape index (κ3) is 3.71. The van der Waals surface area contributed by atoms with Gasteiger partial charge in [0, 0.05) is 17.5 Å². The Kier molecular flexibility index (Phi) is 4.54. The second kappa shape index (κ2) is 6.56. The zero-order chi connectivity index (χ0) is 13.8. The first-order valence-electron chi connectivity index (χ1n) is 7.09. The maximum atomic E-state index is 12.3. The minimum atomic E-state index is -0.0181. The van der Waals surface area contributed by atoms with Crippen LogP contribution < -0.4 is 5.32 Å². The lowest BCUT2D eigenvalue weighted by molar-refractivity contribution is -0.0856. The van der Waals surface area contributed by atoms with Crippen LogP contribution in [-0.2, 0) is 16.0 Å². The number of urea groups is 1. The van der Waals surface area contributed by atoms with Gasteiger partial charge < -0.3 is 19.7 Å². The predicted molar refractivity (Wildman–Crippen MR) is 76.8 cm³/mol. The van der Waals surface area contributed by atoms with Crippen molar-refractivity contribution < 1.29 is 14.3 Å². The molecule has 0 unspecified atom stereocenters. The molecule has 6 heteroatoms. The number of hydrogen-bond acceptors (Lipinski definition) is 4. The van der Waals surface area contributed by atoms with Gasteiger partial charge in [-0.25, -0.2) is 4.79 Å². The molecular weight excluding hydrogens is 276 g/mol. The lowest BCUT2D eigenvalue weighted by atomic mass is 10.3. The standard InChI is InChI=1S/C14H20N2O3S/c17-14(15-8-12-10-18-5-6-19-12)16(11-3-4-11)9-13-2-1-7-20-13/h1-2,7,11-12H,3-6,8-10H2,(H,15,17)/t12-/m0/s1. The van der Waals surface area contributed by atoms with Crippen molar-refractivity contribution in [1.82, 2.24) is 10.2 Å². The van der Waals surface area contributed by atoms with Gasteiger partial charge >= 0.3 is 6.03 Å². The van der Waals surface area contributed by atoms with Crippen molar-refractivity contribution in [3.8, 4) is 0 Å². The van der Waals surface area contributed by atoms with Crippen LogP contribution in [0, 0.1) is 0 Å². The van der Waals surface area contributed by atoms with Crippen molar-refractivity contribution in [3.05, 3.63) is 22.4 Å². The molecule has 110 valence electrons. The third-order valence-electron chi connectivity index (χ3n) is 3.52. The van der Waals surface area contributed by atoms with E-state index >= 15 is 0 Å². The summed E-state index contributed by atoms with van der Waals surface area (Å²) in [5, 5.41) is 5.02. The first kappa shape index (κ1) is 13.9. The molecule has 5 nitrogen and oxygen atoms in total. The Hall–Kier alpha value is -1.11. The van der Waals surface area contributed by atoms with Gasteiger partial charge in [0.2, 0.25) is 0 Å². The highest BCUT2D eigenvalue weighted by Crippen LogP contribution is 2.29. The second-order valence-corrected chi connectivity index (χ2v) is 6.22. The summed E-state index contributed by atoms with van der Waals surface area (Å²) < 4.78 is 10.9. The normalized spacial score (nSPS) is 22.5. The van der Waals surface area contributed by atoms with E-state index in [-0.39, 0.29) is 12.1 Å². The maximum absolute atomic E-state index is 12.3. The minimum Gasteiger partial charge on any atom is -0.376 e. The summed E-state index contributed by atoms with van der Waals surface area (Å²) in [6.45, 7) is 3.05. The molecule has 0 aromatic carbocycles. The molecular formula is C14H20N2O3S. The van der Waals surface area contributed by atoms with Gasteiger partial charge in [-0.05, 0) is 24.3 Å². The van der Waals surface area contributed by atoms with Gasteiger partial charge in [0.05, 0.1) is 32.5 Å². The molecule has 0 bridgehead atoms. The van der Waals surface area contributed by atoms with Gasteiger partial charge in [0.1, 0.15) is 0 Å². The van der Waals surface area contributed by atoms with Crippen LogP contribution in [0.5, 0.6) is 0 Å². The number of amides is 2. The SMILES string of the molecule is O=C(NC[C@H]1COCCO1)N(Cc1cccs1)C1CC1. The third-order valence-corrected chi connectivity index (χ3v) is 4.38. The molecule has 1 saturated heterocycles. The fourth-order valence-electron chi connectivity index (χ4n) is 2.28. The van der Waals surface area contributed by atoms with E-state index in [0.29, 0.717) is 39.0 Å². The summed E-state index contributed by atoms with van der Waals surface area (Å²) >= 11 is 1.69. The molecule has 1 aromatic heterocycles. The lowest BCUT2D eigenvalue weighted by Crippen LogP contribution is -2.46. The number of carbonyl (C=O) groups excluding carboxylic acids is 1. The van der Waals surface area contributed by atoms with E-state index in [1.54, 1.807) is 11.3 Å². The Morgan fingerprint density at radius 3 is 3.00 bits per heavy atom. The highest BCUT2D eigenvalue weighted by Gasteiger charge is 2.33. The van der Waals surface area contributed by atoms with Crippen molar-refractivity contribution in [1.29, 1.82) is 0 Å². The predicted octanol–water partition coefficient (Wildman–Crippen LogP) is 1.84. The van der Waals surface area contributed by atoms with Crippen LogP contribution in [0.15, 0.2) is 17.5 Å². The maximum Gasteiger partial charge on any atom is 0.318 e. The summed E-state index contributed by atoms with van der Waals surface area (Å²) in [5.41, 5.74) is 0. The number of carbonyl (C=O) groups is 1. The Morgan fingerprint density at radius 2 is 2.35 bits per heavy atom. The number of thiophene rings is 1.